The second-order valence-corrected chi connectivity index (χ2v) is 6.14. The van der Waals surface area contributed by atoms with Crippen LogP contribution in [0.1, 0.15) is 6.92 Å². The van der Waals surface area contributed by atoms with Crippen LogP contribution in [0.2, 0.25) is 0 Å². The molecular formula is C18H16N4O3S. The minimum atomic E-state index is -0.794. The van der Waals surface area contributed by atoms with E-state index in [4.69, 9.17) is 12.2 Å². The second kappa shape index (κ2) is 7.01. The first-order chi connectivity index (χ1) is 12.4. The van der Waals surface area contributed by atoms with Gasteiger partial charge < -0.3 is 0 Å². The van der Waals surface area contributed by atoms with Crippen molar-refractivity contribution in [3.05, 3.63) is 54.6 Å². The first kappa shape index (κ1) is 17.7. The van der Waals surface area contributed by atoms with E-state index in [2.05, 4.69) is 17.0 Å². The molecule has 1 N–H and O–H groups in total. The van der Waals surface area contributed by atoms with Crippen molar-refractivity contribution in [2.75, 3.05) is 11.6 Å². The average Bonchev–Trinajstić information content (AvgIpc) is 2.90. The minimum absolute atomic E-state index is 0.0195. The molecule has 2 aliphatic rings. The third kappa shape index (κ3) is 3.06. The number of carbonyl (C=O) groups excluding carboxylic acids is 3. The summed E-state index contributed by atoms with van der Waals surface area (Å²) >= 11 is 5.01. The summed E-state index contributed by atoms with van der Waals surface area (Å²) in [6.45, 7) is 5.42. The van der Waals surface area contributed by atoms with E-state index < -0.39 is 17.7 Å². The number of nitrogens with zero attached hydrogens (tertiary/aromatic N) is 3. The molecule has 0 bridgehead atoms. The molecule has 1 aromatic rings. The zero-order chi connectivity index (χ0) is 18.8. The molecule has 3 rings (SSSR count). The topological polar surface area (TPSA) is 82.1 Å². The van der Waals surface area contributed by atoms with Gasteiger partial charge in [0.25, 0.3) is 17.7 Å². The van der Waals surface area contributed by atoms with Crippen molar-refractivity contribution in [1.82, 2.24) is 10.2 Å². The molecule has 0 unspecified atom stereocenters. The zero-order valence-corrected chi connectivity index (χ0v) is 14.8. The fraction of sp³-hybridized carbons (Fsp3) is 0.167. The van der Waals surface area contributed by atoms with Gasteiger partial charge in [-0.2, -0.15) is 10.1 Å². The molecule has 2 aliphatic heterocycles. The van der Waals surface area contributed by atoms with Crippen molar-refractivity contribution in [2.45, 2.75) is 6.92 Å². The quantitative estimate of drug-likeness (QED) is 0.377. The van der Waals surface area contributed by atoms with Gasteiger partial charge in [-0.25, -0.2) is 0 Å². The number of benzene rings is 1. The molecule has 0 aliphatic carbocycles. The summed E-state index contributed by atoms with van der Waals surface area (Å²) in [7, 11) is 0. The number of thiocarbonyl (C=S) groups is 1. The van der Waals surface area contributed by atoms with E-state index in [1.54, 1.807) is 31.2 Å². The van der Waals surface area contributed by atoms with Crippen LogP contribution in [0.15, 0.2) is 59.7 Å². The number of hydrogen-bond acceptors (Lipinski definition) is 5. The molecule has 1 saturated heterocycles. The predicted molar refractivity (Wildman–Crippen MR) is 101 cm³/mol. The van der Waals surface area contributed by atoms with Gasteiger partial charge >= 0.3 is 0 Å². The van der Waals surface area contributed by atoms with Gasteiger partial charge in [0.15, 0.2) is 5.11 Å². The Hall–Kier alpha value is -3.13. The Morgan fingerprint density at radius 2 is 1.96 bits per heavy atom. The van der Waals surface area contributed by atoms with Crippen molar-refractivity contribution in [1.29, 1.82) is 0 Å². The summed E-state index contributed by atoms with van der Waals surface area (Å²) in [6, 6.07) is 8.94. The maximum atomic E-state index is 12.7. The first-order valence-corrected chi connectivity index (χ1v) is 8.29. The Labute approximate surface area is 155 Å². The highest BCUT2D eigenvalue weighted by Gasteiger charge is 2.38. The van der Waals surface area contributed by atoms with E-state index in [9.17, 15) is 14.4 Å². The van der Waals surface area contributed by atoms with Crippen LogP contribution in [0, 0.1) is 5.92 Å². The molecule has 7 nitrogen and oxygen atoms in total. The number of hydrogen-bond donors (Lipinski definition) is 1. The van der Waals surface area contributed by atoms with Crippen LogP contribution in [0.5, 0.6) is 0 Å². The van der Waals surface area contributed by atoms with Crippen LogP contribution in [0.4, 0.5) is 5.69 Å². The van der Waals surface area contributed by atoms with E-state index in [1.807, 2.05) is 6.07 Å². The predicted octanol–water partition coefficient (Wildman–Crippen LogP) is 1.38. The third-order valence-corrected chi connectivity index (χ3v) is 4.34. The van der Waals surface area contributed by atoms with Crippen molar-refractivity contribution in [3.8, 4) is 0 Å². The first-order valence-electron chi connectivity index (χ1n) is 7.88. The van der Waals surface area contributed by atoms with Gasteiger partial charge in [-0.3, -0.25) is 24.6 Å². The van der Waals surface area contributed by atoms with Crippen LogP contribution in [-0.4, -0.2) is 40.0 Å². The lowest BCUT2D eigenvalue weighted by Crippen LogP contribution is -2.54. The number of hydrazone groups is 1. The SMILES string of the molecule is C=CCN1C(=O)/C(=C/[C@H]2C(=O)N(c3ccccc3)N=C2C)C(=O)NC1=S. The third-order valence-electron chi connectivity index (χ3n) is 4.01. The molecule has 132 valence electrons. The smallest absolute Gasteiger partial charge is 0.265 e. The second-order valence-electron chi connectivity index (χ2n) is 5.75. The monoisotopic (exact) mass is 368 g/mol. The highest BCUT2D eigenvalue weighted by molar-refractivity contribution is 7.80. The van der Waals surface area contributed by atoms with Crippen LogP contribution < -0.4 is 10.3 Å². The number of amides is 3. The van der Waals surface area contributed by atoms with E-state index in [-0.39, 0.29) is 23.1 Å². The highest BCUT2D eigenvalue weighted by Crippen LogP contribution is 2.26. The van der Waals surface area contributed by atoms with Crippen LogP contribution >= 0.6 is 12.2 Å². The van der Waals surface area contributed by atoms with Crippen LogP contribution in [0.3, 0.4) is 0 Å². The summed E-state index contributed by atoms with van der Waals surface area (Å²) in [6.07, 6.45) is 2.85. The lowest BCUT2D eigenvalue weighted by Gasteiger charge is -2.28. The summed E-state index contributed by atoms with van der Waals surface area (Å²) in [5.74, 6) is -2.31. The van der Waals surface area contributed by atoms with E-state index in [0.29, 0.717) is 11.4 Å². The van der Waals surface area contributed by atoms with Gasteiger partial charge in [0.05, 0.1) is 17.3 Å². The van der Waals surface area contributed by atoms with Crippen molar-refractivity contribution in [3.63, 3.8) is 0 Å². The molecule has 26 heavy (non-hydrogen) atoms. The van der Waals surface area contributed by atoms with E-state index >= 15 is 0 Å². The Balaban J connectivity index is 1.91. The molecule has 0 radical (unpaired) electrons. The molecule has 0 saturated carbocycles. The number of anilines is 1. The van der Waals surface area contributed by atoms with Gasteiger partial charge in [0.1, 0.15) is 5.57 Å². The van der Waals surface area contributed by atoms with Gasteiger partial charge in [0.2, 0.25) is 0 Å². The Bertz CT molecular complexity index is 876. The Morgan fingerprint density at radius 1 is 1.27 bits per heavy atom. The summed E-state index contributed by atoms with van der Waals surface area (Å²) in [5.41, 5.74) is 0.977. The highest BCUT2D eigenvalue weighted by atomic mass is 32.1. The van der Waals surface area contributed by atoms with Gasteiger partial charge in [-0.15, -0.1) is 6.58 Å². The standard InChI is InChI=1S/C18H16N4O3S/c1-3-9-21-16(24)14(15(23)19-18(21)26)10-13-11(2)20-22(17(13)25)12-7-5-4-6-8-12/h3-8,10,13H,1,9H2,2H3,(H,19,23,26)/b14-10+/t13-/m1/s1. The maximum Gasteiger partial charge on any atom is 0.265 e. The minimum Gasteiger partial charge on any atom is -0.298 e. The Morgan fingerprint density at radius 3 is 2.62 bits per heavy atom. The largest absolute Gasteiger partial charge is 0.298 e. The molecule has 8 heteroatoms. The number of nitrogens with one attached hydrogen (secondary N) is 1. The van der Waals surface area contributed by atoms with Crippen LogP contribution in [0.25, 0.3) is 0 Å². The van der Waals surface area contributed by atoms with Gasteiger partial charge in [0, 0.05) is 6.54 Å². The summed E-state index contributed by atoms with van der Waals surface area (Å²) in [4.78, 5) is 38.8. The van der Waals surface area contributed by atoms with Gasteiger partial charge in [-0.05, 0) is 37.4 Å². The molecule has 0 spiro atoms. The lowest BCUT2D eigenvalue weighted by atomic mass is 9.99. The molecular weight excluding hydrogens is 352 g/mol. The molecule has 0 aromatic heterocycles. The van der Waals surface area contributed by atoms with Crippen molar-refractivity contribution < 1.29 is 14.4 Å². The fourth-order valence-electron chi connectivity index (χ4n) is 2.70. The average molecular weight is 368 g/mol. The molecule has 2 heterocycles. The van der Waals surface area contributed by atoms with E-state index in [0.717, 1.165) is 0 Å². The molecule has 1 atom stereocenters. The lowest BCUT2D eigenvalue weighted by molar-refractivity contribution is -0.128. The maximum absolute atomic E-state index is 12.7. The van der Waals surface area contributed by atoms with Crippen molar-refractivity contribution >= 4 is 46.5 Å². The van der Waals surface area contributed by atoms with E-state index in [1.165, 1.54) is 22.1 Å². The van der Waals surface area contributed by atoms with Gasteiger partial charge in [-0.1, -0.05) is 24.3 Å². The Kier molecular flexibility index (Phi) is 4.77. The number of rotatable bonds is 4. The normalized spacial score (nSPS) is 22.0. The number of carbonyl (C=O) groups is 3. The molecule has 1 aromatic carbocycles. The summed E-state index contributed by atoms with van der Waals surface area (Å²) < 4.78 is 0. The fourth-order valence-corrected chi connectivity index (χ4v) is 2.95. The zero-order valence-electron chi connectivity index (χ0n) is 14.0. The summed E-state index contributed by atoms with van der Waals surface area (Å²) in [5, 5.41) is 8.01. The number of para-hydroxylation sites is 1. The van der Waals surface area contributed by atoms with Crippen molar-refractivity contribution in [2.24, 2.45) is 11.0 Å². The molecule has 1 fully saturated rings. The molecule has 3 amide bonds. The van der Waals surface area contributed by atoms with Crippen LogP contribution in [-0.2, 0) is 14.4 Å².